The maximum atomic E-state index is 13.1. The molecule has 0 aliphatic carbocycles. The summed E-state index contributed by atoms with van der Waals surface area (Å²) in [7, 11) is 2.13. The van der Waals surface area contributed by atoms with E-state index in [1.165, 1.54) is 18.9 Å². The van der Waals surface area contributed by atoms with E-state index < -0.39 is 0 Å². The normalized spacial score (nSPS) is 20.8. The Morgan fingerprint density at radius 1 is 1.53 bits per heavy atom. The standard InChI is InChI=1S/C13H18BrFN2/c1-17(11-3-2-6-16-8-11)9-10-4-5-13(15)12(14)7-10/h4-5,7,11,16H,2-3,6,8-9H2,1H3. The molecule has 0 bridgehead atoms. The van der Waals surface area contributed by atoms with E-state index >= 15 is 0 Å². The second-order valence-corrected chi connectivity index (χ2v) is 5.52. The van der Waals surface area contributed by atoms with Crippen LogP contribution in [0.25, 0.3) is 0 Å². The molecule has 1 aliphatic rings. The topological polar surface area (TPSA) is 15.3 Å². The lowest BCUT2D eigenvalue weighted by Crippen LogP contribution is -2.43. The Bertz CT molecular complexity index is 378. The molecule has 1 saturated heterocycles. The van der Waals surface area contributed by atoms with Crippen LogP contribution < -0.4 is 5.32 Å². The molecule has 1 unspecified atom stereocenters. The third-order valence-corrected chi connectivity index (χ3v) is 3.92. The molecule has 1 fully saturated rings. The predicted octanol–water partition coefficient (Wildman–Crippen LogP) is 2.77. The first-order chi connectivity index (χ1) is 8.16. The second-order valence-electron chi connectivity index (χ2n) is 4.66. The Hall–Kier alpha value is -0.450. The first-order valence-electron chi connectivity index (χ1n) is 6.01. The van der Waals surface area contributed by atoms with Gasteiger partial charge in [-0.25, -0.2) is 4.39 Å². The molecule has 1 N–H and O–H groups in total. The molecule has 1 aromatic carbocycles. The molecule has 1 aliphatic heterocycles. The van der Waals surface area contributed by atoms with Crippen LogP contribution in [0.1, 0.15) is 18.4 Å². The van der Waals surface area contributed by atoms with Gasteiger partial charge in [-0.2, -0.15) is 0 Å². The van der Waals surface area contributed by atoms with Crippen molar-refractivity contribution in [3.63, 3.8) is 0 Å². The molecule has 4 heteroatoms. The van der Waals surface area contributed by atoms with Crippen LogP contribution >= 0.6 is 15.9 Å². The number of hydrogen-bond acceptors (Lipinski definition) is 2. The molecule has 17 heavy (non-hydrogen) atoms. The van der Waals surface area contributed by atoms with Crippen molar-refractivity contribution in [2.45, 2.75) is 25.4 Å². The molecule has 0 amide bonds. The number of likely N-dealkylation sites (N-methyl/N-ethyl adjacent to an activating group) is 1. The maximum absolute atomic E-state index is 13.1. The van der Waals surface area contributed by atoms with Gasteiger partial charge in [0.15, 0.2) is 0 Å². The second kappa shape index (κ2) is 5.94. The number of halogens is 2. The SMILES string of the molecule is CN(Cc1ccc(F)c(Br)c1)C1CCCNC1. The fraction of sp³-hybridized carbons (Fsp3) is 0.538. The molecular weight excluding hydrogens is 283 g/mol. The Morgan fingerprint density at radius 2 is 2.35 bits per heavy atom. The molecule has 0 spiro atoms. The van der Waals surface area contributed by atoms with Gasteiger partial charge in [-0.1, -0.05) is 6.07 Å². The van der Waals surface area contributed by atoms with E-state index in [2.05, 4.69) is 33.2 Å². The number of rotatable bonds is 3. The minimum absolute atomic E-state index is 0.198. The Kier molecular flexibility index (Phi) is 4.54. The zero-order valence-corrected chi connectivity index (χ0v) is 11.6. The molecule has 2 nitrogen and oxygen atoms in total. The Labute approximate surface area is 110 Å². The molecule has 1 aromatic rings. The van der Waals surface area contributed by atoms with E-state index in [4.69, 9.17) is 0 Å². The van der Waals surface area contributed by atoms with Gasteiger partial charge in [0.25, 0.3) is 0 Å². The fourth-order valence-electron chi connectivity index (χ4n) is 2.26. The van der Waals surface area contributed by atoms with E-state index in [9.17, 15) is 4.39 Å². The molecular formula is C13H18BrFN2. The molecule has 1 atom stereocenters. The van der Waals surface area contributed by atoms with Gasteiger partial charge in [-0.3, -0.25) is 4.90 Å². The van der Waals surface area contributed by atoms with Crippen LogP contribution in [0.3, 0.4) is 0 Å². The summed E-state index contributed by atoms with van der Waals surface area (Å²) in [5, 5.41) is 3.41. The van der Waals surface area contributed by atoms with Gasteiger partial charge in [-0.05, 0) is 60.1 Å². The summed E-state index contributed by atoms with van der Waals surface area (Å²) in [6.07, 6.45) is 2.48. The third kappa shape index (κ3) is 3.50. The minimum Gasteiger partial charge on any atom is -0.315 e. The van der Waals surface area contributed by atoms with Gasteiger partial charge in [-0.15, -0.1) is 0 Å². The Balaban J connectivity index is 1.96. The van der Waals surface area contributed by atoms with E-state index in [1.54, 1.807) is 0 Å². The highest BCUT2D eigenvalue weighted by Crippen LogP contribution is 2.19. The molecule has 2 rings (SSSR count). The average molecular weight is 301 g/mol. The van der Waals surface area contributed by atoms with Crippen LogP contribution in [0.2, 0.25) is 0 Å². The minimum atomic E-state index is -0.198. The van der Waals surface area contributed by atoms with Crippen LogP contribution in [0.4, 0.5) is 4.39 Å². The number of nitrogens with one attached hydrogen (secondary N) is 1. The van der Waals surface area contributed by atoms with Gasteiger partial charge >= 0.3 is 0 Å². The van der Waals surface area contributed by atoms with Crippen molar-refractivity contribution in [2.24, 2.45) is 0 Å². The van der Waals surface area contributed by atoms with Crippen LogP contribution in [-0.2, 0) is 6.54 Å². The number of nitrogens with zero attached hydrogens (tertiary/aromatic N) is 1. The highest BCUT2D eigenvalue weighted by atomic mass is 79.9. The number of piperidine rings is 1. The third-order valence-electron chi connectivity index (χ3n) is 3.31. The molecule has 0 radical (unpaired) electrons. The average Bonchev–Trinajstić information content (AvgIpc) is 2.35. The highest BCUT2D eigenvalue weighted by molar-refractivity contribution is 9.10. The largest absolute Gasteiger partial charge is 0.315 e. The summed E-state index contributed by atoms with van der Waals surface area (Å²) in [6.45, 7) is 3.05. The summed E-state index contributed by atoms with van der Waals surface area (Å²) in [5.74, 6) is -0.198. The molecule has 1 heterocycles. The van der Waals surface area contributed by atoms with Crippen molar-refractivity contribution in [3.8, 4) is 0 Å². The highest BCUT2D eigenvalue weighted by Gasteiger charge is 2.17. The summed E-state index contributed by atoms with van der Waals surface area (Å²) in [5.41, 5.74) is 1.14. The van der Waals surface area contributed by atoms with Gasteiger partial charge in [0.1, 0.15) is 5.82 Å². The van der Waals surface area contributed by atoms with E-state index in [-0.39, 0.29) is 5.82 Å². The lowest BCUT2D eigenvalue weighted by atomic mass is 10.1. The first-order valence-corrected chi connectivity index (χ1v) is 6.81. The first kappa shape index (κ1) is 13.0. The van der Waals surface area contributed by atoms with Crippen LogP contribution in [0.5, 0.6) is 0 Å². The van der Waals surface area contributed by atoms with E-state index in [1.807, 2.05) is 12.1 Å². The Morgan fingerprint density at radius 3 is 3.00 bits per heavy atom. The van der Waals surface area contributed by atoms with Gasteiger partial charge in [0.05, 0.1) is 4.47 Å². The summed E-state index contributed by atoms with van der Waals surface area (Å²) in [6, 6.07) is 5.83. The predicted molar refractivity (Wildman–Crippen MR) is 71.5 cm³/mol. The van der Waals surface area contributed by atoms with Crippen molar-refractivity contribution < 1.29 is 4.39 Å². The van der Waals surface area contributed by atoms with Crippen LogP contribution in [0, 0.1) is 5.82 Å². The monoisotopic (exact) mass is 300 g/mol. The van der Waals surface area contributed by atoms with E-state index in [0.717, 1.165) is 25.2 Å². The molecule has 94 valence electrons. The van der Waals surface area contributed by atoms with Crippen molar-refractivity contribution in [2.75, 3.05) is 20.1 Å². The molecule has 0 aromatic heterocycles. The van der Waals surface area contributed by atoms with Crippen molar-refractivity contribution in [1.29, 1.82) is 0 Å². The quantitative estimate of drug-likeness (QED) is 0.923. The van der Waals surface area contributed by atoms with Gasteiger partial charge < -0.3 is 5.32 Å². The van der Waals surface area contributed by atoms with Gasteiger partial charge in [0.2, 0.25) is 0 Å². The van der Waals surface area contributed by atoms with Gasteiger partial charge in [0, 0.05) is 19.1 Å². The fourth-order valence-corrected chi connectivity index (χ4v) is 2.69. The maximum Gasteiger partial charge on any atom is 0.137 e. The summed E-state index contributed by atoms with van der Waals surface area (Å²) in [4.78, 5) is 2.34. The zero-order valence-electron chi connectivity index (χ0n) is 10.0. The van der Waals surface area contributed by atoms with Crippen LogP contribution in [-0.4, -0.2) is 31.1 Å². The smallest absolute Gasteiger partial charge is 0.137 e. The van der Waals surface area contributed by atoms with Crippen molar-refractivity contribution >= 4 is 15.9 Å². The van der Waals surface area contributed by atoms with E-state index in [0.29, 0.717) is 10.5 Å². The van der Waals surface area contributed by atoms with Crippen molar-refractivity contribution in [1.82, 2.24) is 10.2 Å². The molecule has 0 saturated carbocycles. The van der Waals surface area contributed by atoms with Crippen molar-refractivity contribution in [3.05, 3.63) is 34.1 Å². The number of benzene rings is 1. The lowest BCUT2D eigenvalue weighted by Gasteiger charge is -2.31. The summed E-state index contributed by atoms with van der Waals surface area (Å²) < 4.78 is 13.7. The lowest BCUT2D eigenvalue weighted by molar-refractivity contribution is 0.196. The van der Waals surface area contributed by atoms with Crippen LogP contribution in [0.15, 0.2) is 22.7 Å². The number of hydrogen-bond donors (Lipinski definition) is 1. The summed E-state index contributed by atoms with van der Waals surface area (Å²) >= 11 is 3.23. The zero-order chi connectivity index (χ0) is 12.3.